The zero-order chi connectivity index (χ0) is 13.5. The Morgan fingerprint density at radius 1 is 1.33 bits per heavy atom. The molecule has 0 saturated carbocycles. The first kappa shape index (κ1) is 14.4. The number of nitroso groups, excluding NO2 is 1. The van der Waals surface area contributed by atoms with Gasteiger partial charge in [-0.05, 0) is 42.4 Å². The van der Waals surface area contributed by atoms with Crippen molar-refractivity contribution in [2.45, 2.75) is 39.0 Å². The van der Waals surface area contributed by atoms with Crippen molar-refractivity contribution in [3.8, 4) is 5.75 Å². The molecule has 4 heteroatoms. The van der Waals surface area contributed by atoms with Crippen LogP contribution < -0.4 is 0 Å². The Kier molecular flexibility index (Phi) is 5.49. The quantitative estimate of drug-likeness (QED) is 0.457. The first-order valence-corrected chi connectivity index (χ1v) is 6.20. The van der Waals surface area contributed by atoms with Crippen LogP contribution in [0.2, 0.25) is 0 Å². The number of aryl methyl sites for hydroxylation is 1. The van der Waals surface area contributed by atoms with Gasteiger partial charge in [-0.1, -0.05) is 25.1 Å². The van der Waals surface area contributed by atoms with Crippen LogP contribution in [0.1, 0.15) is 54.1 Å². The normalized spacial score (nSPS) is 10.6. The summed E-state index contributed by atoms with van der Waals surface area (Å²) in [6.45, 7) is 4.28. The van der Waals surface area contributed by atoms with Crippen molar-refractivity contribution < 1.29 is 9.90 Å². The molecule has 0 amide bonds. The molecule has 1 N–H and O–H groups in total. The van der Waals surface area contributed by atoms with Gasteiger partial charge in [0.1, 0.15) is 5.75 Å². The summed E-state index contributed by atoms with van der Waals surface area (Å²) < 4.78 is 0. The van der Waals surface area contributed by atoms with Gasteiger partial charge in [0.15, 0.2) is 6.29 Å². The number of rotatable bonds is 7. The fraction of sp³-hybridized carbons (Fsp3) is 0.500. The van der Waals surface area contributed by atoms with Crippen LogP contribution in [0.3, 0.4) is 0 Å². The smallest absolute Gasteiger partial charge is 0.153 e. The fourth-order valence-electron chi connectivity index (χ4n) is 1.92. The van der Waals surface area contributed by atoms with Crippen LogP contribution in [0.5, 0.6) is 5.75 Å². The highest BCUT2D eigenvalue weighted by atomic mass is 16.3. The average molecular weight is 249 g/mol. The molecule has 0 unspecified atom stereocenters. The highest BCUT2D eigenvalue weighted by Gasteiger charge is 2.12. The Morgan fingerprint density at radius 2 is 2.06 bits per heavy atom. The molecule has 0 saturated heterocycles. The standard InChI is InChI=1S/C14H19NO3/c1-10(2)13-8-11(5-3-4-6-15-18)7-12(9-16)14(13)17/h7-10,17H,3-6H2,1-2H3. The summed E-state index contributed by atoms with van der Waals surface area (Å²) in [5, 5.41) is 12.7. The van der Waals surface area contributed by atoms with Crippen LogP contribution in [-0.4, -0.2) is 17.9 Å². The van der Waals surface area contributed by atoms with Crippen LogP contribution in [0.15, 0.2) is 17.3 Å². The van der Waals surface area contributed by atoms with Gasteiger partial charge in [0, 0.05) is 0 Å². The maximum atomic E-state index is 10.9. The van der Waals surface area contributed by atoms with E-state index in [-0.39, 0.29) is 11.7 Å². The van der Waals surface area contributed by atoms with Gasteiger partial charge in [-0.3, -0.25) is 4.79 Å². The molecule has 18 heavy (non-hydrogen) atoms. The van der Waals surface area contributed by atoms with E-state index in [1.807, 2.05) is 19.9 Å². The molecule has 1 aromatic rings. The Bertz CT molecular complexity index is 427. The van der Waals surface area contributed by atoms with E-state index in [1.165, 1.54) is 0 Å². The van der Waals surface area contributed by atoms with Crippen molar-refractivity contribution in [1.29, 1.82) is 0 Å². The number of aromatic hydroxyl groups is 1. The molecule has 0 radical (unpaired) electrons. The van der Waals surface area contributed by atoms with Gasteiger partial charge >= 0.3 is 0 Å². The average Bonchev–Trinajstić information content (AvgIpc) is 2.35. The zero-order valence-electron chi connectivity index (χ0n) is 10.8. The molecule has 1 aromatic carbocycles. The number of nitrogens with zero attached hydrogens (tertiary/aromatic N) is 1. The van der Waals surface area contributed by atoms with Crippen molar-refractivity contribution >= 4 is 6.29 Å². The van der Waals surface area contributed by atoms with Crippen LogP contribution in [0.25, 0.3) is 0 Å². The minimum atomic E-state index is 0.0818. The lowest BCUT2D eigenvalue weighted by molar-refractivity contribution is 0.112. The van der Waals surface area contributed by atoms with Crippen molar-refractivity contribution in [1.82, 2.24) is 0 Å². The maximum Gasteiger partial charge on any atom is 0.153 e. The molecule has 0 aromatic heterocycles. The lowest BCUT2D eigenvalue weighted by Gasteiger charge is -2.12. The van der Waals surface area contributed by atoms with E-state index >= 15 is 0 Å². The van der Waals surface area contributed by atoms with Gasteiger partial charge in [0.25, 0.3) is 0 Å². The summed E-state index contributed by atoms with van der Waals surface area (Å²) in [6, 6.07) is 3.64. The van der Waals surface area contributed by atoms with Crippen molar-refractivity contribution in [2.75, 3.05) is 6.54 Å². The monoisotopic (exact) mass is 249 g/mol. The van der Waals surface area contributed by atoms with Crippen LogP contribution in [0, 0.1) is 4.91 Å². The molecule has 0 bridgehead atoms. The number of phenols is 1. The minimum Gasteiger partial charge on any atom is -0.507 e. The van der Waals surface area contributed by atoms with E-state index < -0.39 is 0 Å². The van der Waals surface area contributed by atoms with E-state index in [9.17, 15) is 14.8 Å². The van der Waals surface area contributed by atoms with Gasteiger partial charge in [-0.15, -0.1) is 0 Å². The van der Waals surface area contributed by atoms with Crippen LogP contribution >= 0.6 is 0 Å². The predicted molar refractivity (Wildman–Crippen MR) is 71.2 cm³/mol. The number of hydrogen-bond acceptors (Lipinski definition) is 4. The third-order valence-corrected chi connectivity index (χ3v) is 2.94. The molecular weight excluding hydrogens is 230 g/mol. The molecule has 0 aliphatic heterocycles. The molecule has 0 aliphatic rings. The van der Waals surface area contributed by atoms with E-state index in [0.717, 1.165) is 30.4 Å². The third-order valence-electron chi connectivity index (χ3n) is 2.94. The SMILES string of the molecule is CC(C)c1cc(CCCCN=O)cc(C=O)c1O. The van der Waals surface area contributed by atoms with Crippen molar-refractivity contribution in [3.63, 3.8) is 0 Å². The second-order valence-corrected chi connectivity index (χ2v) is 4.71. The van der Waals surface area contributed by atoms with Crippen LogP contribution in [0.4, 0.5) is 0 Å². The van der Waals surface area contributed by atoms with Gasteiger partial charge in [0.05, 0.1) is 12.1 Å². The summed E-state index contributed by atoms with van der Waals surface area (Å²) >= 11 is 0. The van der Waals surface area contributed by atoms with E-state index in [0.29, 0.717) is 18.4 Å². The molecule has 0 fully saturated rings. The Balaban J connectivity index is 2.88. The summed E-state index contributed by atoms with van der Waals surface area (Å²) in [7, 11) is 0. The van der Waals surface area contributed by atoms with E-state index in [1.54, 1.807) is 6.07 Å². The minimum absolute atomic E-state index is 0.0818. The lowest BCUT2D eigenvalue weighted by atomic mass is 9.94. The van der Waals surface area contributed by atoms with Gasteiger partial charge in [0.2, 0.25) is 0 Å². The molecule has 0 aliphatic carbocycles. The number of benzene rings is 1. The maximum absolute atomic E-state index is 10.9. The summed E-state index contributed by atoms with van der Waals surface area (Å²) in [5.74, 6) is 0.249. The Morgan fingerprint density at radius 3 is 2.61 bits per heavy atom. The van der Waals surface area contributed by atoms with E-state index in [2.05, 4.69) is 5.18 Å². The summed E-state index contributed by atoms with van der Waals surface area (Å²) in [6.07, 6.45) is 3.07. The molecular formula is C14H19NO3. The second-order valence-electron chi connectivity index (χ2n) is 4.71. The van der Waals surface area contributed by atoms with Crippen molar-refractivity contribution in [2.24, 2.45) is 5.18 Å². The fourth-order valence-corrected chi connectivity index (χ4v) is 1.92. The molecule has 4 nitrogen and oxygen atoms in total. The Labute approximate surface area is 107 Å². The molecule has 1 rings (SSSR count). The largest absolute Gasteiger partial charge is 0.507 e. The number of hydrogen-bond donors (Lipinski definition) is 1. The predicted octanol–water partition coefficient (Wildman–Crippen LogP) is 3.42. The summed E-state index contributed by atoms with van der Waals surface area (Å²) in [5.41, 5.74) is 2.15. The molecule has 0 spiro atoms. The molecule has 98 valence electrons. The number of carbonyl (C=O) groups is 1. The summed E-state index contributed by atoms with van der Waals surface area (Å²) in [4.78, 5) is 20.9. The van der Waals surface area contributed by atoms with Crippen LogP contribution in [-0.2, 0) is 6.42 Å². The lowest BCUT2D eigenvalue weighted by Crippen LogP contribution is -1.97. The molecule has 0 heterocycles. The first-order valence-electron chi connectivity index (χ1n) is 6.20. The number of aldehydes is 1. The first-order chi connectivity index (χ1) is 8.60. The number of phenolic OH excluding ortho intramolecular Hbond substituents is 1. The highest BCUT2D eigenvalue weighted by molar-refractivity contribution is 5.80. The van der Waals surface area contributed by atoms with Crippen molar-refractivity contribution in [3.05, 3.63) is 33.7 Å². The van der Waals surface area contributed by atoms with E-state index in [4.69, 9.17) is 0 Å². The van der Waals surface area contributed by atoms with Gasteiger partial charge in [-0.25, -0.2) is 0 Å². The second kappa shape index (κ2) is 6.89. The Hall–Kier alpha value is -1.71. The third kappa shape index (κ3) is 3.65. The molecule has 0 atom stereocenters. The number of unbranched alkanes of at least 4 members (excludes halogenated alkanes) is 1. The van der Waals surface area contributed by atoms with Gasteiger partial charge in [-0.2, -0.15) is 4.91 Å². The number of carbonyl (C=O) groups excluding carboxylic acids is 1. The topological polar surface area (TPSA) is 66.7 Å². The highest BCUT2D eigenvalue weighted by Crippen LogP contribution is 2.30. The van der Waals surface area contributed by atoms with Gasteiger partial charge < -0.3 is 5.11 Å². The zero-order valence-corrected chi connectivity index (χ0v) is 10.8.